The fourth-order valence-electron chi connectivity index (χ4n) is 3.42. The second-order valence-corrected chi connectivity index (χ2v) is 6.16. The van der Waals surface area contributed by atoms with Gasteiger partial charge in [-0.2, -0.15) is 0 Å². The van der Waals surface area contributed by atoms with Crippen LogP contribution in [-0.4, -0.2) is 66.2 Å². The van der Waals surface area contributed by atoms with Crippen LogP contribution in [0.3, 0.4) is 0 Å². The van der Waals surface area contributed by atoms with E-state index in [1.54, 1.807) is 6.07 Å². The summed E-state index contributed by atoms with van der Waals surface area (Å²) >= 11 is 0. The fourth-order valence-corrected chi connectivity index (χ4v) is 3.42. The third-order valence-electron chi connectivity index (χ3n) is 4.93. The van der Waals surface area contributed by atoms with E-state index in [2.05, 4.69) is 10.2 Å². The number of rotatable bonds is 2. The Kier molecular flexibility index (Phi) is 4.21. The fraction of sp³-hybridized carbons (Fsp3) is 0.562. The van der Waals surface area contributed by atoms with Crippen LogP contribution in [0.2, 0.25) is 0 Å². The van der Waals surface area contributed by atoms with Crippen molar-refractivity contribution < 1.29 is 18.8 Å². The lowest BCUT2D eigenvalue weighted by molar-refractivity contribution is -0.139. The molecule has 23 heavy (non-hydrogen) atoms. The minimum atomic E-state index is -0.635. The topological polar surface area (TPSA) is 82.9 Å². The van der Waals surface area contributed by atoms with Crippen LogP contribution in [0.1, 0.15) is 29.8 Å². The summed E-state index contributed by atoms with van der Waals surface area (Å²) < 4.78 is 5.00. The van der Waals surface area contributed by atoms with Crippen molar-refractivity contribution in [3.63, 3.8) is 0 Å². The van der Waals surface area contributed by atoms with Crippen LogP contribution in [0.5, 0.6) is 0 Å². The van der Waals surface area contributed by atoms with Crippen molar-refractivity contribution in [2.24, 2.45) is 0 Å². The molecule has 124 valence electrons. The number of piperidine rings is 1. The largest absolute Gasteiger partial charge is 0.461 e. The first-order valence-electron chi connectivity index (χ1n) is 7.91. The molecule has 0 saturated carbocycles. The first kappa shape index (κ1) is 15.7. The van der Waals surface area contributed by atoms with Gasteiger partial charge < -0.3 is 14.6 Å². The van der Waals surface area contributed by atoms with Crippen LogP contribution in [0.15, 0.2) is 22.8 Å². The molecule has 1 N–H and O–H groups in total. The Balaban J connectivity index is 1.69. The van der Waals surface area contributed by atoms with Gasteiger partial charge in [0.05, 0.1) is 6.26 Å². The molecule has 0 aromatic carbocycles. The average molecular weight is 319 g/mol. The van der Waals surface area contributed by atoms with Crippen LogP contribution in [0.25, 0.3) is 0 Å². The zero-order chi connectivity index (χ0) is 16.4. The van der Waals surface area contributed by atoms with Gasteiger partial charge in [-0.05, 0) is 38.4 Å². The predicted octanol–water partition coefficient (Wildman–Crippen LogP) is 0.275. The number of ketones is 1. The molecule has 7 heteroatoms. The van der Waals surface area contributed by atoms with Gasteiger partial charge in [-0.3, -0.25) is 19.3 Å². The maximum absolute atomic E-state index is 12.5. The van der Waals surface area contributed by atoms with Crippen LogP contribution < -0.4 is 5.32 Å². The number of likely N-dealkylation sites (tertiary alicyclic amines) is 1. The minimum absolute atomic E-state index is 0.0296. The molecule has 0 aliphatic carbocycles. The molecular weight excluding hydrogens is 298 g/mol. The molecule has 0 atom stereocenters. The molecule has 1 aromatic rings. The Morgan fingerprint density at radius 2 is 2.00 bits per heavy atom. The molecule has 1 aromatic heterocycles. The zero-order valence-electron chi connectivity index (χ0n) is 13.2. The van der Waals surface area contributed by atoms with E-state index in [9.17, 15) is 14.4 Å². The number of nitrogens with zero attached hydrogens (tertiary/aromatic N) is 2. The average Bonchev–Trinajstić information content (AvgIpc) is 3.07. The van der Waals surface area contributed by atoms with E-state index >= 15 is 0 Å². The maximum atomic E-state index is 12.5. The van der Waals surface area contributed by atoms with Crippen LogP contribution >= 0.6 is 0 Å². The molecule has 2 fully saturated rings. The van der Waals surface area contributed by atoms with Gasteiger partial charge in [-0.1, -0.05) is 0 Å². The summed E-state index contributed by atoms with van der Waals surface area (Å²) in [7, 11) is 1.95. The lowest BCUT2D eigenvalue weighted by Crippen LogP contribution is -2.61. The van der Waals surface area contributed by atoms with E-state index < -0.39 is 17.2 Å². The minimum Gasteiger partial charge on any atom is -0.461 e. The highest BCUT2D eigenvalue weighted by Crippen LogP contribution is 2.30. The highest BCUT2D eigenvalue weighted by atomic mass is 16.3. The number of carbonyl (C=O) groups is 3. The van der Waals surface area contributed by atoms with Crippen molar-refractivity contribution >= 4 is 17.6 Å². The quantitative estimate of drug-likeness (QED) is 0.625. The van der Waals surface area contributed by atoms with Gasteiger partial charge in [-0.25, -0.2) is 0 Å². The summed E-state index contributed by atoms with van der Waals surface area (Å²) in [6, 6.07) is 3.06. The molecule has 2 aliphatic rings. The number of likely N-dealkylation sites (N-methyl/N-ethyl adjacent to an activating group) is 1. The maximum Gasteiger partial charge on any atom is 0.298 e. The van der Waals surface area contributed by atoms with E-state index in [0.29, 0.717) is 32.5 Å². The lowest BCUT2D eigenvalue weighted by Gasteiger charge is -2.44. The van der Waals surface area contributed by atoms with Crippen LogP contribution in [0.4, 0.5) is 0 Å². The molecule has 0 radical (unpaired) electrons. The van der Waals surface area contributed by atoms with Crippen LogP contribution in [0, 0.1) is 0 Å². The third kappa shape index (κ3) is 2.76. The molecule has 2 saturated heterocycles. The summed E-state index contributed by atoms with van der Waals surface area (Å²) in [4.78, 5) is 40.4. The summed E-state index contributed by atoms with van der Waals surface area (Å²) in [5.74, 6) is -1.11. The van der Waals surface area contributed by atoms with E-state index in [1.165, 1.54) is 17.2 Å². The Morgan fingerprint density at radius 3 is 2.65 bits per heavy atom. The van der Waals surface area contributed by atoms with Crippen molar-refractivity contribution in [1.29, 1.82) is 0 Å². The first-order valence-corrected chi connectivity index (χ1v) is 7.91. The van der Waals surface area contributed by atoms with E-state index in [-0.39, 0.29) is 11.7 Å². The number of hydrogen-bond donors (Lipinski definition) is 1. The molecule has 3 rings (SSSR count). The predicted molar refractivity (Wildman–Crippen MR) is 81.8 cm³/mol. The number of furan rings is 1. The highest BCUT2D eigenvalue weighted by Gasteiger charge is 2.46. The number of hydrogen-bond acceptors (Lipinski definition) is 5. The number of carbonyl (C=O) groups excluding carboxylic acids is 3. The zero-order valence-corrected chi connectivity index (χ0v) is 13.2. The SMILES string of the molecule is CN1CCCNC(=O)C12CCN(C(=O)C(=O)c1ccco1)CC2. The van der Waals surface area contributed by atoms with Gasteiger partial charge >= 0.3 is 0 Å². The van der Waals surface area contributed by atoms with E-state index in [1.807, 2.05) is 7.05 Å². The van der Waals surface area contributed by atoms with Crippen molar-refractivity contribution in [3.05, 3.63) is 24.2 Å². The number of amides is 2. The normalized spacial score (nSPS) is 21.8. The monoisotopic (exact) mass is 319 g/mol. The van der Waals surface area contributed by atoms with Gasteiger partial charge in [0, 0.05) is 26.2 Å². The van der Waals surface area contributed by atoms with Gasteiger partial charge in [0.1, 0.15) is 5.54 Å². The standard InChI is InChI=1S/C16H21N3O4/c1-18-8-3-7-17-15(22)16(18)5-9-19(10-6-16)14(21)13(20)12-4-2-11-23-12/h2,4,11H,3,5-10H2,1H3,(H,17,22). The Morgan fingerprint density at radius 1 is 1.26 bits per heavy atom. The number of nitrogens with one attached hydrogen (secondary N) is 1. The Labute approximate surface area is 134 Å². The van der Waals surface area contributed by atoms with Gasteiger partial charge in [0.25, 0.3) is 11.7 Å². The second-order valence-electron chi connectivity index (χ2n) is 6.16. The van der Waals surface area contributed by atoms with Crippen LogP contribution in [-0.2, 0) is 9.59 Å². The van der Waals surface area contributed by atoms with E-state index in [0.717, 1.165) is 13.0 Å². The van der Waals surface area contributed by atoms with Gasteiger partial charge in [0.2, 0.25) is 5.91 Å². The molecule has 7 nitrogen and oxygen atoms in total. The van der Waals surface area contributed by atoms with Gasteiger partial charge in [-0.15, -0.1) is 0 Å². The molecule has 0 bridgehead atoms. The van der Waals surface area contributed by atoms with Crippen molar-refractivity contribution in [2.75, 3.05) is 33.2 Å². The lowest BCUT2D eigenvalue weighted by atomic mass is 9.85. The van der Waals surface area contributed by atoms with Crippen molar-refractivity contribution in [3.8, 4) is 0 Å². The molecule has 1 spiro atoms. The number of Topliss-reactive ketones (excluding diaryl/α,β-unsaturated/α-hetero) is 1. The summed E-state index contributed by atoms with van der Waals surface area (Å²) in [5, 5.41) is 2.96. The molecule has 0 unspecified atom stereocenters. The first-order chi connectivity index (χ1) is 11.0. The molecule has 2 amide bonds. The molecule has 2 aliphatic heterocycles. The summed E-state index contributed by atoms with van der Waals surface area (Å²) in [5.41, 5.74) is -0.568. The highest BCUT2D eigenvalue weighted by molar-refractivity contribution is 6.41. The van der Waals surface area contributed by atoms with E-state index in [4.69, 9.17) is 4.42 Å². The third-order valence-corrected chi connectivity index (χ3v) is 4.93. The van der Waals surface area contributed by atoms with Crippen molar-refractivity contribution in [1.82, 2.24) is 15.1 Å². The smallest absolute Gasteiger partial charge is 0.298 e. The second kappa shape index (κ2) is 6.16. The molecule has 3 heterocycles. The van der Waals surface area contributed by atoms with Gasteiger partial charge in [0.15, 0.2) is 5.76 Å². The summed E-state index contributed by atoms with van der Waals surface area (Å²) in [6.45, 7) is 2.31. The van der Waals surface area contributed by atoms with Crippen molar-refractivity contribution in [2.45, 2.75) is 24.8 Å². The summed E-state index contributed by atoms with van der Waals surface area (Å²) in [6.07, 6.45) is 3.36. The Bertz CT molecular complexity index is 603. The Hall–Kier alpha value is -2.15. The molecular formula is C16H21N3O4.